The van der Waals surface area contributed by atoms with Gasteiger partial charge in [0.25, 0.3) is 0 Å². The van der Waals surface area contributed by atoms with Crippen molar-refractivity contribution in [1.29, 1.82) is 0 Å². The van der Waals surface area contributed by atoms with Crippen LogP contribution in [0.5, 0.6) is 0 Å². The van der Waals surface area contributed by atoms with Gasteiger partial charge in [-0.2, -0.15) is 0 Å². The first-order chi connectivity index (χ1) is 7.20. The van der Waals surface area contributed by atoms with Gasteiger partial charge in [-0.05, 0) is 27.7 Å². The summed E-state index contributed by atoms with van der Waals surface area (Å²) >= 11 is 0. The van der Waals surface area contributed by atoms with Crippen LogP contribution in [0.3, 0.4) is 0 Å². The molecule has 16 heavy (non-hydrogen) atoms. The molecule has 1 aliphatic heterocycles. The normalized spacial score (nSPS) is 25.7. The van der Waals surface area contributed by atoms with Crippen molar-refractivity contribution in [3.05, 3.63) is 0 Å². The van der Waals surface area contributed by atoms with E-state index in [4.69, 9.17) is 4.74 Å². The highest BCUT2D eigenvalue weighted by atomic mass is 19.1. The fraction of sp³-hybridized carbons (Fsp3) is 0.818. The predicted molar refractivity (Wildman–Crippen MR) is 56.9 cm³/mol. The van der Waals surface area contributed by atoms with Crippen molar-refractivity contribution in [3.8, 4) is 0 Å². The number of carbonyl (C=O) groups is 2. The molecule has 4 nitrogen and oxygen atoms in total. The smallest absolute Gasteiger partial charge is 0.411 e. The number of rotatable bonds is 1. The molecule has 0 aromatic heterocycles. The first kappa shape index (κ1) is 12.9. The van der Waals surface area contributed by atoms with E-state index in [9.17, 15) is 14.0 Å². The molecule has 1 fully saturated rings. The van der Waals surface area contributed by atoms with Crippen LogP contribution in [-0.2, 0) is 9.53 Å². The van der Waals surface area contributed by atoms with E-state index in [1.54, 1.807) is 20.8 Å². The van der Waals surface area contributed by atoms with Gasteiger partial charge in [0.1, 0.15) is 11.8 Å². The predicted octanol–water partition coefficient (Wildman–Crippen LogP) is 1.92. The number of alkyl halides is 1. The molecular formula is C11H18FNO3. The Hall–Kier alpha value is -1.13. The number of hydrogen-bond donors (Lipinski definition) is 0. The van der Waals surface area contributed by atoms with Crippen molar-refractivity contribution in [2.45, 2.75) is 51.9 Å². The van der Waals surface area contributed by atoms with Crippen molar-refractivity contribution < 1.29 is 18.7 Å². The van der Waals surface area contributed by atoms with Crippen LogP contribution in [0.1, 0.15) is 34.1 Å². The Labute approximate surface area is 94.7 Å². The van der Waals surface area contributed by atoms with Crippen LogP contribution in [0.15, 0.2) is 0 Å². The molecule has 0 saturated carbocycles. The van der Waals surface area contributed by atoms with E-state index >= 15 is 0 Å². The maximum absolute atomic E-state index is 13.2. The Balaban J connectivity index is 2.71. The standard InChI is InChI=1S/C11H18FNO3/c1-7(14)9-5-8(12)6-13(9)10(15)16-11(2,3)4/h8-9H,5-6H2,1-4H3/t8-,9-/m1/s1. The van der Waals surface area contributed by atoms with Gasteiger partial charge in [0.05, 0.1) is 12.6 Å². The molecule has 5 heteroatoms. The van der Waals surface area contributed by atoms with Crippen molar-refractivity contribution in [1.82, 2.24) is 4.90 Å². The maximum Gasteiger partial charge on any atom is 0.411 e. The second kappa shape index (κ2) is 4.39. The van der Waals surface area contributed by atoms with Gasteiger partial charge in [-0.15, -0.1) is 0 Å². The molecule has 0 aromatic rings. The number of carbonyl (C=O) groups excluding carboxylic acids is 2. The highest BCUT2D eigenvalue weighted by Gasteiger charge is 2.39. The Morgan fingerprint density at radius 2 is 1.94 bits per heavy atom. The van der Waals surface area contributed by atoms with Crippen LogP contribution in [0.25, 0.3) is 0 Å². The molecule has 0 spiro atoms. The first-order valence-corrected chi connectivity index (χ1v) is 5.35. The van der Waals surface area contributed by atoms with Crippen LogP contribution in [0.2, 0.25) is 0 Å². The quantitative estimate of drug-likeness (QED) is 0.692. The molecule has 1 aliphatic rings. The third-order valence-electron chi connectivity index (χ3n) is 2.35. The van der Waals surface area contributed by atoms with E-state index in [1.165, 1.54) is 11.8 Å². The van der Waals surface area contributed by atoms with Crippen molar-refractivity contribution in [2.24, 2.45) is 0 Å². The third-order valence-corrected chi connectivity index (χ3v) is 2.35. The third kappa shape index (κ3) is 3.18. The molecule has 2 atom stereocenters. The lowest BCUT2D eigenvalue weighted by atomic mass is 10.1. The maximum atomic E-state index is 13.2. The summed E-state index contributed by atoms with van der Waals surface area (Å²) in [4.78, 5) is 24.1. The lowest BCUT2D eigenvalue weighted by Gasteiger charge is -2.27. The van der Waals surface area contributed by atoms with Gasteiger partial charge < -0.3 is 4.74 Å². The van der Waals surface area contributed by atoms with Gasteiger partial charge in [-0.3, -0.25) is 9.69 Å². The molecule has 0 bridgehead atoms. The van der Waals surface area contributed by atoms with Crippen molar-refractivity contribution in [2.75, 3.05) is 6.54 Å². The molecule has 1 rings (SSSR count). The van der Waals surface area contributed by atoms with Crippen LogP contribution in [0, 0.1) is 0 Å². The van der Waals surface area contributed by atoms with E-state index < -0.39 is 23.9 Å². The zero-order chi connectivity index (χ0) is 12.5. The van der Waals surface area contributed by atoms with E-state index in [-0.39, 0.29) is 18.7 Å². The van der Waals surface area contributed by atoms with Gasteiger partial charge in [0, 0.05) is 6.42 Å². The minimum atomic E-state index is -1.14. The molecule has 1 amide bonds. The highest BCUT2D eigenvalue weighted by Crippen LogP contribution is 2.23. The van der Waals surface area contributed by atoms with E-state index in [0.717, 1.165) is 0 Å². The number of ketones is 1. The number of nitrogens with zero attached hydrogens (tertiary/aromatic N) is 1. The van der Waals surface area contributed by atoms with Crippen molar-refractivity contribution >= 4 is 11.9 Å². The number of amides is 1. The minimum Gasteiger partial charge on any atom is -0.444 e. The van der Waals surface area contributed by atoms with Crippen molar-refractivity contribution in [3.63, 3.8) is 0 Å². The Morgan fingerprint density at radius 3 is 2.38 bits per heavy atom. The Morgan fingerprint density at radius 1 is 1.38 bits per heavy atom. The van der Waals surface area contributed by atoms with Crippen LogP contribution >= 0.6 is 0 Å². The average Bonchev–Trinajstić information content (AvgIpc) is 2.44. The van der Waals surface area contributed by atoms with Crippen LogP contribution < -0.4 is 0 Å². The molecule has 0 unspecified atom stereocenters. The van der Waals surface area contributed by atoms with E-state index in [1.807, 2.05) is 0 Å². The number of halogens is 1. The molecular weight excluding hydrogens is 213 g/mol. The van der Waals surface area contributed by atoms with Crippen LogP contribution in [-0.4, -0.2) is 41.1 Å². The first-order valence-electron chi connectivity index (χ1n) is 5.35. The zero-order valence-corrected chi connectivity index (χ0v) is 10.1. The SMILES string of the molecule is CC(=O)[C@H]1C[C@@H](F)CN1C(=O)OC(C)(C)C. The Bertz CT molecular complexity index is 298. The van der Waals surface area contributed by atoms with Crippen LogP contribution in [0.4, 0.5) is 9.18 Å². The largest absolute Gasteiger partial charge is 0.444 e. The summed E-state index contributed by atoms with van der Waals surface area (Å²) in [6.45, 7) is 6.50. The number of ether oxygens (including phenoxy) is 1. The number of likely N-dealkylation sites (tertiary alicyclic amines) is 1. The number of Topliss-reactive ketones (excluding diaryl/α,β-unsaturated/α-hetero) is 1. The molecule has 1 saturated heterocycles. The van der Waals surface area contributed by atoms with Gasteiger partial charge in [-0.25, -0.2) is 9.18 Å². The van der Waals surface area contributed by atoms with Gasteiger partial charge in [-0.1, -0.05) is 0 Å². The van der Waals surface area contributed by atoms with E-state index in [2.05, 4.69) is 0 Å². The topological polar surface area (TPSA) is 46.6 Å². The Kier molecular flexibility index (Phi) is 3.55. The molecule has 0 aliphatic carbocycles. The molecule has 92 valence electrons. The summed E-state index contributed by atoms with van der Waals surface area (Å²) in [5.74, 6) is -0.203. The summed E-state index contributed by atoms with van der Waals surface area (Å²) in [5, 5.41) is 0. The van der Waals surface area contributed by atoms with Gasteiger partial charge >= 0.3 is 6.09 Å². The highest BCUT2D eigenvalue weighted by molar-refractivity contribution is 5.86. The fourth-order valence-corrected chi connectivity index (χ4v) is 1.69. The fourth-order valence-electron chi connectivity index (χ4n) is 1.69. The lowest BCUT2D eigenvalue weighted by molar-refractivity contribution is -0.121. The molecule has 0 N–H and O–H groups in total. The van der Waals surface area contributed by atoms with Gasteiger partial charge in [0.15, 0.2) is 5.78 Å². The summed E-state index contributed by atoms with van der Waals surface area (Å²) in [7, 11) is 0. The second-order valence-electron chi connectivity index (χ2n) is 5.09. The molecule has 1 heterocycles. The summed E-state index contributed by atoms with van der Waals surface area (Å²) in [6, 6.07) is -0.676. The lowest BCUT2D eigenvalue weighted by Crippen LogP contribution is -2.42. The monoisotopic (exact) mass is 231 g/mol. The summed E-state index contributed by atoms with van der Waals surface area (Å²) < 4.78 is 18.3. The van der Waals surface area contributed by atoms with E-state index in [0.29, 0.717) is 0 Å². The summed E-state index contributed by atoms with van der Waals surface area (Å²) in [6.07, 6.45) is -1.68. The summed E-state index contributed by atoms with van der Waals surface area (Å²) in [5.41, 5.74) is -0.632. The molecule has 0 radical (unpaired) electrons. The second-order valence-corrected chi connectivity index (χ2v) is 5.09. The molecule has 0 aromatic carbocycles. The minimum absolute atomic E-state index is 0.0564. The zero-order valence-electron chi connectivity index (χ0n) is 10.1. The van der Waals surface area contributed by atoms with Gasteiger partial charge in [0.2, 0.25) is 0 Å². The average molecular weight is 231 g/mol. The number of hydrogen-bond acceptors (Lipinski definition) is 3.